The average Bonchev–Trinajstić information content (AvgIpc) is 2.36. The minimum Gasteiger partial charge on any atom is -0.306 e. The molecular formula is C16H27N3. The van der Waals surface area contributed by atoms with Crippen molar-refractivity contribution in [3.05, 3.63) is 23.8 Å². The van der Waals surface area contributed by atoms with Crippen molar-refractivity contribution < 1.29 is 0 Å². The van der Waals surface area contributed by atoms with Crippen LogP contribution in [0.5, 0.6) is 0 Å². The molecule has 2 rings (SSSR count). The Morgan fingerprint density at radius 1 is 1.32 bits per heavy atom. The molecule has 1 aromatic heterocycles. The van der Waals surface area contributed by atoms with Gasteiger partial charge in [0.05, 0.1) is 5.69 Å². The molecule has 1 aliphatic carbocycles. The molecule has 0 aromatic carbocycles. The standard InChI is InChI=1S/C16H27N3/c1-12-6-5-7-13(10-12)15-17-9-8-14(19-15)11-18-16(2,3)4/h8-9,12-13,18H,5-7,10-11H2,1-4H3. The molecule has 0 radical (unpaired) electrons. The molecule has 0 saturated heterocycles. The molecule has 0 spiro atoms. The summed E-state index contributed by atoms with van der Waals surface area (Å²) in [5, 5.41) is 3.49. The van der Waals surface area contributed by atoms with E-state index in [2.05, 4.69) is 38.0 Å². The molecule has 0 aliphatic heterocycles. The lowest BCUT2D eigenvalue weighted by molar-refractivity contribution is 0.334. The van der Waals surface area contributed by atoms with E-state index in [1.54, 1.807) is 0 Å². The van der Waals surface area contributed by atoms with Crippen LogP contribution >= 0.6 is 0 Å². The normalized spacial score (nSPS) is 24.4. The van der Waals surface area contributed by atoms with E-state index in [-0.39, 0.29) is 5.54 Å². The summed E-state index contributed by atoms with van der Waals surface area (Å²) in [6.07, 6.45) is 7.10. The topological polar surface area (TPSA) is 37.8 Å². The summed E-state index contributed by atoms with van der Waals surface area (Å²) in [5.74, 6) is 2.44. The first kappa shape index (κ1) is 14.4. The lowest BCUT2D eigenvalue weighted by atomic mass is 9.82. The maximum absolute atomic E-state index is 4.76. The second-order valence-corrected chi connectivity index (χ2v) is 6.98. The summed E-state index contributed by atoms with van der Waals surface area (Å²) in [4.78, 5) is 9.26. The van der Waals surface area contributed by atoms with Gasteiger partial charge in [-0.3, -0.25) is 0 Å². The van der Waals surface area contributed by atoms with Crippen molar-refractivity contribution in [3.8, 4) is 0 Å². The molecule has 1 saturated carbocycles. The van der Waals surface area contributed by atoms with Crippen LogP contribution in [0.4, 0.5) is 0 Å². The van der Waals surface area contributed by atoms with Crippen molar-refractivity contribution >= 4 is 0 Å². The van der Waals surface area contributed by atoms with Gasteiger partial charge in [0.15, 0.2) is 0 Å². The van der Waals surface area contributed by atoms with E-state index in [4.69, 9.17) is 4.98 Å². The maximum Gasteiger partial charge on any atom is 0.131 e. The van der Waals surface area contributed by atoms with Crippen LogP contribution in [0.25, 0.3) is 0 Å². The molecule has 1 aromatic rings. The van der Waals surface area contributed by atoms with Crippen molar-refractivity contribution in [2.75, 3.05) is 0 Å². The Bertz CT molecular complexity index is 409. The van der Waals surface area contributed by atoms with Gasteiger partial charge in [-0.05, 0) is 45.6 Å². The molecular weight excluding hydrogens is 234 g/mol. The molecule has 0 bridgehead atoms. The fourth-order valence-electron chi connectivity index (χ4n) is 2.73. The summed E-state index contributed by atoms with van der Waals surface area (Å²) in [6, 6.07) is 2.02. The lowest BCUT2D eigenvalue weighted by Gasteiger charge is -2.26. The second kappa shape index (κ2) is 6.00. The van der Waals surface area contributed by atoms with Crippen molar-refractivity contribution in [2.45, 2.75) is 71.4 Å². The highest BCUT2D eigenvalue weighted by molar-refractivity contribution is 5.07. The van der Waals surface area contributed by atoms with Crippen LogP contribution in [0.3, 0.4) is 0 Å². The molecule has 1 N–H and O–H groups in total. The SMILES string of the molecule is CC1CCCC(c2nccc(CNC(C)(C)C)n2)C1. The number of hydrogen-bond acceptors (Lipinski definition) is 3. The lowest BCUT2D eigenvalue weighted by Crippen LogP contribution is -2.35. The van der Waals surface area contributed by atoms with E-state index in [9.17, 15) is 0 Å². The van der Waals surface area contributed by atoms with Crippen molar-refractivity contribution in [1.29, 1.82) is 0 Å². The Kier molecular flexibility index (Phi) is 4.56. The Morgan fingerprint density at radius 2 is 2.11 bits per heavy atom. The third kappa shape index (κ3) is 4.57. The minimum absolute atomic E-state index is 0.129. The highest BCUT2D eigenvalue weighted by atomic mass is 15.0. The van der Waals surface area contributed by atoms with Crippen LogP contribution in [0, 0.1) is 5.92 Å². The van der Waals surface area contributed by atoms with Gasteiger partial charge < -0.3 is 5.32 Å². The van der Waals surface area contributed by atoms with Gasteiger partial charge in [-0.2, -0.15) is 0 Å². The summed E-state index contributed by atoms with van der Waals surface area (Å²) in [5.41, 5.74) is 1.24. The highest BCUT2D eigenvalue weighted by Crippen LogP contribution is 2.34. The first-order chi connectivity index (χ1) is 8.94. The van der Waals surface area contributed by atoms with Crippen LogP contribution in [0.15, 0.2) is 12.3 Å². The average molecular weight is 261 g/mol. The smallest absolute Gasteiger partial charge is 0.131 e. The van der Waals surface area contributed by atoms with Crippen LogP contribution in [-0.2, 0) is 6.54 Å². The Balaban J connectivity index is 2.02. The fraction of sp³-hybridized carbons (Fsp3) is 0.750. The van der Waals surface area contributed by atoms with Gasteiger partial charge in [0, 0.05) is 24.2 Å². The Hall–Kier alpha value is -0.960. The van der Waals surface area contributed by atoms with E-state index >= 15 is 0 Å². The van der Waals surface area contributed by atoms with Crippen LogP contribution in [0.2, 0.25) is 0 Å². The molecule has 0 amide bonds. The summed E-state index contributed by atoms with van der Waals surface area (Å²) >= 11 is 0. The van der Waals surface area contributed by atoms with Gasteiger partial charge in [-0.15, -0.1) is 0 Å². The predicted octanol–water partition coefficient (Wildman–Crippen LogP) is 3.66. The van der Waals surface area contributed by atoms with E-state index in [0.717, 1.165) is 24.0 Å². The molecule has 1 aliphatic rings. The van der Waals surface area contributed by atoms with Gasteiger partial charge in [-0.25, -0.2) is 9.97 Å². The fourth-order valence-corrected chi connectivity index (χ4v) is 2.73. The molecule has 1 fully saturated rings. The number of rotatable bonds is 3. The number of nitrogens with zero attached hydrogens (tertiary/aromatic N) is 2. The van der Waals surface area contributed by atoms with Crippen LogP contribution in [0.1, 0.15) is 70.8 Å². The molecule has 1 heterocycles. The van der Waals surface area contributed by atoms with Gasteiger partial charge >= 0.3 is 0 Å². The molecule has 2 unspecified atom stereocenters. The molecule has 3 nitrogen and oxygen atoms in total. The highest BCUT2D eigenvalue weighted by Gasteiger charge is 2.22. The molecule has 106 valence electrons. The van der Waals surface area contributed by atoms with Crippen LogP contribution in [-0.4, -0.2) is 15.5 Å². The zero-order chi connectivity index (χ0) is 13.9. The van der Waals surface area contributed by atoms with Crippen molar-refractivity contribution in [1.82, 2.24) is 15.3 Å². The summed E-state index contributed by atoms with van der Waals surface area (Å²) < 4.78 is 0. The monoisotopic (exact) mass is 261 g/mol. The summed E-state index contributed by atoms with van der Waals surface area (Å²) in [7, 11) is 0. The van der Waals surface area contributed by atoms with Gasteiger partial charge in [0.25, 0.3) is 0 Å². The van der Waals surface area contributed by atoms with E-state index in [0.29, 0.717) is 5.92 Å². The third-order valence-corrected chi connectivity index (χ3v) is 3.83. The van der Waals surface area contributed by atoms with Gasteiger partial charge in [0.1, 0.15) is 5.82 Å². The zero-order valence-corrected chi connectivity index (χ0v) is 12.7. The quantitative estimate of drug-likeness (QED) is 0.902. The predicted molar refractivity (Wildman–Crippen MR) is 79.0 cm³/mol. The number of aromatic nitrogens is 2. The van der Waals surface area contributed by atoms with E-state index < -0.39 is 0 Å². The van der Waals surface area contributed by atoms with Gasteiger partial charge in [0.2, 0.25) is 0 Å². The largest absolute Gasteiger partial charge is 0.306 e. The number of nitrogens with one attached hydrogen (secondary N) is 1. The summed E-state index contributed by atoms with van der Waals surface area (Å²) in [6.45, 7) is 9.70. The van der Waals surface area contributed by atoms with E-state index in [1.807, 2.05) is 12.3 Å². The van der Waals surface area contributed by atoms with E-state index in [1.165, 1.54) is 25.7 Å². The third-order valence-electron chi connectivity index (χ3n) is 3.83. The molecule has 3 heteroatoms. The second-order valence-electron chi connectivity index (χ2n) is 6.98. The first-order valence-corrected chi connectivity index (χ1v) is 7.51. The number of hydrogen-bond donors (Lipinski definition) is 1. The molecule has 19 heavy (non-hydrogen) atoms. The minimum atomic E-state index is 0.129. The van der Waals surface area contributed by atoms with Crippen molar-refractivity contribution in [2.24, 2.45) is 5.92 Å². The van der Waals surface area contributed by atoms with Crippen molar-refractivity contribution in [3.63, 3.8) is 0 Å². The maximum atomic E-state index is 4.76. The van der Waals surface area contributed by atoms with Crippen LogP contribution < -0.4 is 5.32 Å². The first-order valence-electron chi connectivity index (χ1n) is 7.51. The Morgan fingerprint density at radius 3 is 2.79 bits per heavy atom. The molecule has 2 atom stereocenters. The Labute approximate surface area is 117 Å². The zero-order valence-electron chi connectivity index (χ0n) is 12.7. The van der Waals surface area contributed by atoms with Gasteiger partial charge in [-0.1, -0.05) is 19.8 Å².